The molecular weight excluding hydrogens is 352 g/mol. The molecule has 172 valence electrons. The molecule has 0 aromatic rings. The molecule has 0 aromatic heterocycles. The van der Waals surface area contributed by atoms with E-state index in [-0.39, 0.29) is 0 Å². The summed E-state index contributed by atoms with van der Waals surface area (Å²) >= 11 is 0. The predicted molar refractivity (Wildman–Crippen MR) is 135 cm³/mol. The first-order chi connectivity index (χ1) is 13.6. The summed E-state index contributed by atoms with van der Waals surface area (Å²) in [5.74, 6) is 2.23. The van der Waals surface area contributed by atoms with Gasteiger partial charge in [-0.05, 0) is 49.4 Å². The Kier molecular flexibility index (Phi) is 18.8. The van der Waals surface area contributed by atoms with E-state index in [0.717, 1.165) is 24.9 Å². The highest BCUT2D eigenvalue weighted by atomic mass is 16.5. The normalized spacial score (nSPS) is 16.6. The van der Waals surface area contributed by atoms with Crippen LogP contribution in [-0.2, 0) is 4.74 Å². The molecule has 0 heterocycles. The maximum Gasteiger partial charge on any atom is 0.0581 e. The second kappa shape index (κ2) is 18.0. The summed E-state index contributed by atoms with van der Waals surface area (Å²) in [5, 5.41) is 0. The monoisotopic (exact) mass is 406 g/mol. The van der Waals surface area contributed by atoms with Gasteiger partial charge in [-0.3, -0.25) is 0 Å². The molecule has 1 heteroatoms. The molecule has 1 aliphatic rings. The molecule has 0 N–H and O–H groups in total. The Hall–Kier alpha value is -0.820. The second-order valence-corrected chi connectivity index (χ2v) is 9.83. The van der Waals surface area contributed by atoms with Gasteiger partial charge in [0.2, 0.25) is 0 Å². The van der Waals surface area contributed by atoms with Crippen LogP contribution in [0.5, 0.6) is 0 Å². The van der Waals surface area contributed by atoms with Gasteiger partial charge in [0.25, 0.3) is 0 Å². The molecule has 0 amide bonds. The Bertz CT molecular complexity index is 407. The smallest absolute Gasteiger partial charge is 0.0581 e. The summed E-state index contributed by atoms with van der Waals surface area (Å²) in [7, 11) is 0. The molecular formula is C28H54O. The van der Waals surface area contributed by atoms with Crippen LogP contribution in [0.3, 0.4) is 0 Å². The first kappa shape index (κ1) is 30.4. The van der Waals surface area contributed by atoms with E-state index in [9.17, 15) is 0 Å². The van der Waals surface area contributed by atoms with E-state index < -0.39 is 0 Å². The highest BCUT2D eigenvalue weighted by Crippen LogP contribution is 2.36. The Balaban J connectivity index is 0. The lowest BCUT2D eigenvalue weighted by Crippen LogP contribution is -2.23. The summed E-state index contributed by atoms with van der Waals surface area (Å²) in [5.41, 5.74) is 1.48. The molecule has 0 saturated heterocycles. The molecule has 1 fully saturated rings. The molecule has 0 aliphatic heterocycles. The van der Waals surface area contributed by atoms with Gasteiger partial charge in [0.15, 0.2) is 0 Å². The Morgan fingerprint density at radius 1 is 1.03 bits per heavy atom. The van der Waals surface area contributed by atoms with Crippen molar-refractivity contribution in [3.63, 3.8) is 0 Å². The van der Waals surface area contributed by atoms with Crippen molar-refractivity contribution in [1.82, 2.24) is 0 Å². The van der Waals surface area contributed by atoms with Crippen LogP contribution in [0.25, 0.3) is 0 Å². The summed E-state index contributed by atoms with van der Waals surface area (Å²) in [6, 6.07) is 0. The molecule has 2 atom stereocenters. The minimum Gasteiger partial charge on any atom is -0.378 e. The van der Waals surface area contributed by atoms with Crippen molar-refractivity contribution >= 4 is 0 Å². The predicted octanol–water partition coefficient (Wildman–Crippen LogP) is 9.40. The molecule has 1 nitrogen and oxygen atoms in total. The number of hydrogen-bond acceptors (Lipinski definition) is 1. The average molecular weight is 407 g/mol. The van der Waals surface area contributed by atoms with Crippen LogP contribution in [0.15, 0.2) is 37.5 Å². The third kappa shape index (κ3) is 16.6. The topological polar surface area (TPSA) is 9.23 Å². The fourth-order valence-corrected chi connectivity index (χ4v) is 3.89. The van der Waals surface area contributed by atoms with Crippen molar-refractivity contribution in [2.45, 2.75) is 113 Å². The average Bonchev–Trinajstić information content (AvgIpc) is 2.68. The molecule has 1 saturated carbocycles. The first-order valence-electron chi connectivity index (χ1n) is 12.2. The van der Waals surface area contributed by atoms with Crippen molar-refractivity contribution in [2.75, 3.05) is 6.61 Å². The largest absolute Gasteiger partial charge is 0.378 e. The summed E-state index contributed by atoms with van der Waals surface area (Å²) in [4.78, 5) is 0. The zero-order valence-corrected chi connectivity index (χ0v) is 21.4. The van der Waals surface area contributed by atoms with E-state index in [1.54, 1.807) is 0 Å². The van der Waals surface area contributed by atoms with Crippen molar-refractivity contribution in [2.24, 2.45) is 23.2 Å². The zero-order valence-electron chi connectivity index (χ0n) is 21.4. The van der Waals surface area contributed by atoms with E-state index in [1.165, 1.54) is 50.5 Å². The van der Waals surface area contributed by atoms with Gasteiger partial charge in [-0.2, -0.15) is 0 Å². The van der Waals surface area contributed by atoms with Crippen LogP contribution >= 0.6 is 0 Å². The van der Waals surface area contributed by atoms with Gasteiger partial charge in [-0.15, -0.1) is 6.58 Å². The molecule has 0 aromatic carbocycles. The van der Waals surface area contributed by atoms with Crippen molar-refractivity contribution < 1.29 is 4.74 Å². The lowest BCUT2D eigenvalue weighted by Gasteiger charge is -2.32. The van der Waals surface area contributed by atoms with E-state index >= 15 is 0 Å². The minimum atomic E-state index is 0.301. The van der Waals surface area contributed by atoms with E-state index in [0.29, 0.717) is 17.4 Å². The standard InChI is InChI=1S/C13H24O.C13H24.C2H6/c1-3-7-12(2)14-11-10-13-8-5-4-6-9-13;1-8-11(4)12(9-10(2)3)13(5,6)7;1-2/h3,12-13H,1,4-11H2,2H3;8,10,12H,1,4,9H2,2-3,5-7H3;1-2H3. The molecule has 2 unspecified atom stereocenters. The van der Waals surface area contributed by atoms with Gasteiger partial charge in [0.1, 0.15) is 0 Å². The summed E-state index contributed by atoms with van der Waals surface area (Å²) in [6.07, 6.45) is 14.8. The Labute approximate surface area is 185 Å². The van der Waals surface area contributed by atoms with Gasteiger partial charge in [0, 0.05) is 6.61 Å². The number of ether oxygens (including phenoxy) is 1. The van der Waals surface area contributed by atoms with E-state index in [4.69, 9.17) is 4.74 Å². The van der Waals surface area contributed by atoms with E-state index in [2.05, 4.69) is 61.3 Å². The minimum absolute atomic E-state index is 0.301. The third-order valence-electron chi connectivity index (χ3n) is 5.61. The van der Waals surface area contributed by atoms with Gasteiger partial charge >= 0.3 is 0 Å². The van der Waals surface area contributed by atoms with Crippen LogP contribution in [0.4, 0.5) is 0 Å². The lowest BCUT2D eigenvalue weighted by atomic mass is 9.72. The van der Waals surface area contributed by atoms with Crippen molar-refractivity contribution in [1.29, 1.82) is 0 Å². The molecule has 29 heavy (non-hydrogen) atoms. The maximum atomic E-state index is 5.71. The van der Waals surface area contributed by atoms with Crippen LogP contribution in [0, 0.1) is 23.2 Å². The van der Waals surface area contributed by atoms with E-state index in [1.807, 2.05) is 26.0 Å². The molecule has 0 bridgehead atoms. The second-order valence-electron chi connectivity index (χ2n) is 9.83. The summed E-state index contributed by atoms with van der Waals surface area (Å²) < 4.78 is 5.71. The van der Waals surface area contributed by atoms with Gasteiger partial charge < -0.3 is 4.74 Å². The third-order valence-corrected chi connectivity index (χ3v) is 5.61. The number of hydrogen-bond donors (Lipinski definition) is 0. The van der Waals surface area contributed by atoms with Crippen LogP contribution < -0.4 is 0 Å². The van der Waals surface area contributed by atoms with Crippen molar-refractivity contribution in [3.05, 3.63) is 37.5 Å². The molecule has 0 spiro atoms. The van der Waals surface area contributed by atoms with Crippen molar-refractivity contribution in [3.8, 4) is 0 Å². The number of rotatable bonds is 10. The van der Waals surface area contributed by atoms with Gasteiger partial charge in [-0.1, -0.05) is 111 Å². The van der Waals surface area contributed by atoms with Crippen LogP contribution in [0.1, 0.15) is 107 Å². The molecule has 0 radical (unpaired) electrons. The molecule has 1 aliphatic carbocycles. The SMILES string of the molecule is C=CC(=C)C(CC(C)C)C(C)(C)C.C=CCC(C)OCCC1CCCCC1.CC. The number of allylic oxidation sites excluding steroid dienone is 2. The first-order valence-corrected chi connectivity index (χ1v) is 12.2. The fraction of sp³-hybridized carbons (Fsp3) is 0.786. The zero-order chi connectivity index (χ0) is 22.9. The Morgan fingerprint density at radius 2 is 1.59 bits per heavy atom. The highest BCUT2D eigenvalue weighted by molar-refractivity contribution is 5.17. The lowest BCUT2D eigenvalue weighted by molar-refractivity contribution is 0.0552. The van der Waals surface area contributed by atoms with Crippen LogP contribution in [-0.4, -0.2) is 12.7 Å². The quantitative estimate of drug-likeness (QED) is 0.259. The van der Waals surface area contributed by atoms with Crippen LogP contribution in [0.2, 0.25) is 0 Å². The highest BCUT2D eigenvalue weighted by Gasteiger charge is 2.26. The fourth-order valence-electron chi connectivity index (χ4n) is 3.89. The Morgan fingerprint density at radius 3 is 2.00 bits per heavy atom. The van der Waals surface area contributed by atoms with Gasteiger partial charge in [0.05, 0.1) is 6.10 Å². The molecule has 1 rings (SSSR count). The maximum absolute atomic E-state index is 5.71. The summed E-state index contributed by atoms with van der Waals surface area (Å²) in [6.45, 7) is 30.0. The van der Waals surface area contributed by atoms with Gasteiger partial charge in [-0.25, -0.2) is 0 Å².